The molecule has 5 rings (SSSR count). The van der Waals surface area contributed by atoms with E-state index in [-0.39, 0.29) is 35.4 Å². The maximum absolute atomic E-state index is 13.9. The van der Waals surface area contributed by atoms with E-state index in [0.29, 0.717) is 19.6 Å². The van der Waals surface area contributed by atoms with Crippen LogP contribution >= 0.6 is 0 Å². The fraction of sp³-hybridized carbons (Fsp3) is 0.519. The molecule has 2 aromatic carbocycles. The molecule has 0 aliphatic carbocycles. The van der Waals surface area contributed by atoms with Crippen LogP contribution in [-0.4, -0.2) is 65.7 Å². The number of fused-ring (bicyclic) bond motifs is 2. The van der Waals surface area contributed by atoms with Gasteiger partial charge in [0, 0.05) is 37.3 Å². The second-order valence-corrected chi connectivity index (χ2v) is 10.5. The van der Waals surface area contributed by atoms with Crippen molar-refractivity contribution in [3.8, 4) is 0 Å². The summed E-state index contributed by atoms with van der Waals surface area (Å²) in [5.74, 6) is -0.235. The van der Waals surface area contributed by atoms with Gasteiger partial charge in [-0.2, -0.15) is 0 Å². The SMILES string of the molecule is CC(C)(C)N1CCN[C@H]2C[C@H](C(=O)N3CCc4ccccc4[C@@H]3c3ccc(F)cc3)OC[C@H]21. The highest BCUT2D eigenvalue weighted by Crippen LogP contribution is 2.37. The van der Waals surface area contributed by atoms with Crippen molar-refractivity contribution >= 4 is 5.91 Å². The molecule has 1 N–H and O–H groups in total. The van der Waals surface area contributed by atoms with E-state index in [1.165, 1.54) is 17.7 Å². The van der Waals surface area contributed by atoms with E-state index in [1.807, 2.05) is 17.0 Å². The number of rotatable bonds is 2. The summed E-state index contributed by atoms with van der Waals surface area (Å²) in [6.45, 7) is 9.82. The fourth-order valence-electron chi connectivity index (χ4n) is 5.85. The highest BCUT2D eigenvalue weighted by atomic mass is 19.1. The second-order valence-electron chi connectivity index (χ2n) is 10.5. The maximum atomic E-state index is 13.9. The van der Waals surface area contributed by atoms with Crippen LogP contribution in [0.4, 0.5) is 4.39 Å². The molecule has 6 heteroatoms. The first-order valence-electron chi connectivity index (χ1n) is 12.1. The van der Waals surface area contributed by atoms with Crippen molar-refractivity contribution in [1.82, 2.24) is 15.1 Å². The van der Waals surface area contributed by atoms with E-state index < -0.39 is 6.10 Å². The van der Waals surface area contributed by atoms with Gasteiger partial charge in [-0.15, -0.1) is 0 Å². The zero-order valence-corrected chi connectivity index (χ0v) is 19.8. The van der Waals surface area contributed by atoms with Crippen molar-refractivity contribution in [2.24, 2.45) is 0 Å². The van der Waals surface area contributed by atoms with Crippen LogP contribution in [0, 0.1) is 5.82 Å². The van der Waals surface area contributed by atoms with Gasteiger partial charge in [0.25, 0.3) is 5.91 Å². The van der Waals surface area contributed by atoms with Crippen LogP contribution in [0.25, 0.3) is 0 Å². The largest absolute Gasteiger partial charge is 0.367 e. The van der Waals surface area contributed by atoms with E-state index in [2.05, 4.69) is 43.1 Å². The minimum absolute atomic E-state index is 0.0342. The molecule has 0 saturated carbocycles. The fourth-order valence-corrected chi connectivity index (χ4v) is 5.85. The molecule has 1 amide bonds. The number of nitrogens with zero attached hydrogens (tertiary/aromatic N) is 2. The summed E-state index contributed by atoms with van der Waals surface area (Å²) >= 11 is 0. The molecule has 0 aromatic heterocycles. The van der Waals surface area contributed by atoms with Crippen LogP contribution in [0.3, 0.4) is 0 Å². The van der Waals surface area contributed by atoms with Crippen molar-refractivity contribution in [3.05, 3.63) is 71.0 Å². The molecule has 176 valence electrons. The topological polar surface area (TPSA) is 44.8 Å². The number of hydrogen-bond donors (Lipinski definition) is 1. The summed E-state index contributed by atoms with van der Waals surface area (Å²) in [7, 11) is 0. The molecule has 0 bridgehead atoms. The molecule has 33 heavy (non-hydrogen) atoms. The maximum Gasteiger partial charge on any atom is 0.252 e. The van der Waals surface area contributed by atoms with Crippen LogP contribution < -0.4 is 5.32 Å². The van der Waals surface area contributed by atoms with Gasteiger partial charge in [0.05, 0.1) is 12.6 Å². The van der Waals surface area contributed by atoms with Crippen molar-refractivity contribution in [1.29, 1.82) is 0 Å². The molecule has 0 spiro atoms. The molecule has 5 nitrogen and oxygen atoms in total. The molecule has 0 unspecified atom stereocenters. The number of nitrogens with one attached hydrogen (secondary N) is 1. The Morgan fingerprint density at radius 3 is 2.61 bits per heavy atom. The number of hydrogen-bond acceptors (Lipinski definition) is 4. The van der Waals surface area contributed by atoms with Gasteiger partial charge in [0.1, 0.15) is 11.9 Å². The average molecular weight is 452 g/mol. The summed E-state index contributed by atoms with van der Waals surface area (Å²) in [5.41, 5.74) is 3.36. The third kappa shape index (κ3) is 4.32. The lowest BCUT2D eigenvalue weighted by Crippen LogP contribution is -2.67. The number of halogens is 1. The Kier molecular flexibility index (Phi) is 6.02. The van der Waals surface area contributed by atoms with E-state index >= 15 is 0 Å². The standard InChI is InChI=1S/C27H34FN3O2/c1-27(2,3)31-15-13-29-22-16-24(33-17-23(22)31)26(32)30-14-12-18-6-4-5-7-21(18)25(30)19-8-10-20(28)11-9-19/h4-11,22-25,29H,12-17H2,1-3H3/t22-,23+,24+,25-/m0/s1. The summed E-state index contributed by atoms with van der Waals surface area (Å²) in [6.07, 6.45) is 1.02. The Labute approximate surface area is 195 Å². The van der Waals surface area contributed by atoms with E-state index in [9.17, 15) is 9.18 Å². The lowest BCUT2D eigenvalue weighted by atomic mass is 9.86. The van der Waals surface area contributed by atoms with Gasteiger partial charge >= 0.3 is 0 Å². The summed E-state index contributed by atoms with van der Waals surface area (Å²) in [6, 6.07) is 15.1. The second kappa shape index (κ2) is 8.82. The van der Waals surface area contributed by atoms with Crippen LogP contribution in [-0.2, 0) is 16.0 Å². The predicted octanol–water partition coefficient (Wildman–Crippen LogP) is 3.53. The molecule has 2 aromatic rings. The van der Waals surface area contributed by atoms with Crippen molar-refractivity contribution < 1.29 is 13.9 Å². The number of piperazine rings is 1. The highest BCUT2D eigenvalue weighted by molar-refractivity contribution is 5.82. The van der Waals surface area contributed by atoms with Crippen molar-refractivity contribution in [2.75, 3.05) is 26.2 Å². The van der Waals surface area contributed by atoms with Gasteiger partial charge in [0.2, 0.25) is 0 Å². The van der Waals surface area contributed by atoms with Gasteiger partial charge in [-0.05, 0) is 62.4 Å². The molecule has 4 atom stereocenters. The number of carbonyl (C=O) groups is 1. The van der Waals surface area contributed by atoms with Crippen LogP contribution in [0.15, 0.2) is 48.5 Å². The Hall–Kier alpha value is -2.28. The first kappa shape index (κ1) is 22.5. The Morgan fingerprint density at radius 1 is 1.09 bits per heavy atom. The van der Waals surface area contributed by atoms with E-state index in [0.717, 1.165) is 30.6 Å². The predicted molar refractivity (Wildman–Crippen MR) is 126 cm³/mol. The molecular weight excluding hydrogens is 417 g/mol. The summed E-state index contributed by atoms with van der Waals surface area (Å²) in [5, 5.41) is 3.64. The molecule has 0 radical (unpaired) electrons. The van der Waals surface area contributed by atoms with Crippen molar-refractivity contribution in [2.45, 2.75) is 63.4 Å². The van der Waals surface area contributed by atoms with E-state index in [1.54, 1.807) is 12.1 Å². The monoisotopic (exact) mass is 451 g/mol. The third-order valence-corrected chi connectivity index (χ3v) is 7.45. The number of amides is 1. The number of carbonyl (C=O) groups excluding carboxylic acids is 1. The molecule has 2 fully saturated rings. The summed E-state index contributed by atoms with van der Waals surface area (Å²) in [4.78, 5) is 18.3. The highest BCUT2D eigenvalue weighted by Gasteiger charge is 2.45. The van der Waals surface area contributed by atoms with Crippen LogP contribution in [0.2, 0.25) is 0 Å². The van der Waals surface area contributed by atoms with Crippen molar-refractivity contribution in [3.63, 3.8) is 0 Å². The normalized spacial score (nSPS) is 28.2. The summed E-state index contributed by atoms with van der Waals surface area (Å²) < 4.78 is 19.9. The quantitative estimate of drug-likeness (QED) is 0.759. The zero-order chi connectivity index (χ0) is 23.2. The number of benzene rings is 2. The molecule has 3 heterocycles. The molecular formula is C27H34FN3O2. The van der Waals surface area contributed by atoms with Gasteiger partial charge in [0.15, 0.2) is 0 Å². The lowest BCUT2D eigenvalue weighted by Gasteiger charge is -2.51. The van der Waals surface area contributed by atoms with Gasteiger partial charge < -0.3 is 15.0 Å². The van der Waals surface area contributed by atoms with Crippen LogP contribution in [0.1, 0.15) is 49.9 Å². The minimum atomic E-state index is -0.466. The van der Waals surface area contributed by atoms with Crippen LogP contribution in [0.5, 0.6) is 0 Å². The van der Waals surface area contributed by atoms with Gasteiger partial charge in [-0.3, -0.25) is 9.69 Å². The molecule has 3 aliphatic rings. The smallest absolute Gasteiger partial charge is 0.252 e. The van der Waals surface area contributed by atoms with Gasteiger partial charge in [-0.25, -0.2) is 4.39 Å². The number of ether oxygens (including phenoxy) is 1. The first-order chi connectivity index (χ1) is 15.8. The van der Waals surface area contributed by atoms with E-state index in [4.69, 9.17) is 4.74 Å². The Morgan fingerprint density at radius 2 is 1.85 bits per heavy atom. The molecule has 2 saturated heterocycles. The first-order valence-corrected chi connectivity index (χ1v) is 12.1. The Bertz CT molecular complexity index is 1000. The minimum Gasteiger partial charge on any atom is -0.367 e. The Balaban J connectivity index is 1.40. The van der Waals surface area contributed by atoms with Gasteiger partial charge in [-0.1, -0.05) is 36.4 Å². The zero-order valence-electron chi connectivity index (χ0n) is 19.8. The lowest BCUT2D eigenvalue weighted by molar-refractivity contribution is -0.156. The molecule has 3 aliphatic heterocycles. The average Bonchev–Trinajstić information content (AvgIpc) is 2.82. The third-order valence-electron chi connectivity index (χ3n) is 7.45.